The second kappa shape index (κ2) is 5.67. The van der Waals surface area contributed by atoms with Gasteiger partial charge in [0.15, 0.2) is 0 Å². The normalized spacial score (nSPS) is 14.1. The van der Waals surface area contributed by atoms with Crippen LogP contribution in [0.5, 0.6) is 5.75 Å². The molecule has 0 unspecified atom stereocenters. The average Bonchev–Trinajstić information content (AvgIpc) is 2.39. The highest BCUT2D eigenvalue weighted by atomic mass is 16.3. The van der Waals surface area contributed by atoms with Gasteiger partial charge in [0.1, 0.15) is 5.75 Å². The molecule has 2 atom stereocenters. The molecule has 0 aliphatic heterocycles. The number of hydrogen-bond acceptors (Lipinski definition) is 3. The highest BCUT2D eigenvalue weighted by molar-refractivity contribution is 5.35. The molecule has 0 aliphatic rings. The molecule has 4 N–H and O–H groups in total. The lowest BCUT2D eigenvalue weighted by molar-refractivity contribution is 0.144. The summed E-state index contributed by atoms with van der Waals surface area (Å²) in [4.78, 5) is 0. The lowest BCUT2D eigenvalue weighted by Crippen LogP contribution is -2.28. The molecule has 94 valence electrons. The SMILES string of the molecule is N[C@@H](c1ccccc1O)[C@H](O)Cc1ccccc1. The van der Waals surface area contributed by atoms with Crippen LogP contribution in [0, 0.1) is 0 Å². The van der Waals surface area contributed by atoms with Crippen LogP contribution in [0.4, 0.5) is 0 Å². The van der Waals surface area contributed by atoms with Crippen molar-refractivity contribution in [3.8, 4) is 5.75 Å². The topological polar surface area (TPSA) is 66.5 Å². The molecule has 0 fully saturated rings. The molecule has 0 aromatic heterocycles. The van der Waals surface area contributed by atoms with E-state index in [0.29, 0.717) is 12.0 Å². The van der Waals surface area contributed by atoms with Crippen molar-refractivity contribution in [2.45, 2.75) is 18.6 Å². The van der Waals surface area contributed by atoms with Crippen LogP contribution in [-0.4, -0.2) is 16.3 Å². The third-order valence-corrected chi connectivity index (χ3v) is 3.00. The fourth-order valence-corrected chi connectivity index (χ4v) is 1.96. The van der Waals surface area contributed by atoms with E-state index < -0.39 is 12.1 Å². The van der Waals surface area contributed by atoms with E-state index in [0.717, 1.165) is 5.56 Å². The van der Waals surface area contributed by atoms with E-state index in [2.05, 4.69) is 0 Å². The zero-order chi connectivity index (χ0) is 13.0. The fourth-order valence-electron chi connectivity index (χ4n) is 1.96. The van der Waals surface area contributed by atoms with Crippen molar-refractivity contribution < 1.29 is 10.2 Å². The quantitative estimate of drug-likeness (QED) is 0.769. The summed E-state index contributed by atoms with van der Waals surface area (Å²) in [5.74, 6) is 0.122. The van der Waals surface area contributed by atoms with Gasteiger partial charge in [-0.15, -0.1) is 0 Å². The van der Waals surface area contributed by atoms with E-state index in [4.69, 9.17) is 5.73 Å². The minimum absolute atomic E-state index is 0.122. The first-order valence-electron chi connectivity index (χ1n) is 5.94. The summed E-state index contributed by atoms with van der Waals surface area (Å²) in [6.45, 7) is 0. The zero-order valence-corrected chi connectivity index (χ0v) is 10.0. The van der Waals surface area contributed by atoms with Crippen molar-refractivity contribution in [2.24, 2.45) is 5.73 Å². The zero-order valence-electron chi connectivity index (χ0n) is 10.0. The third-order valence-electron chi connectivity index (χ3n) is 3.00. The first-order chi connectivity index (χ1) is 8.68. The van der Waals surface area contributed by atoms with E-state index in [1.807, 2.05) is 30.3 Å². The molecule has 18 heavy (non-hydrogen) atoms. The maximum absolute atomic E-state index is 10.1. The Morgan fingerprint density at radius 1 is 0.944 bits per heavy atom. The van der Waals surface area contributed by atoms with Crippen molar-refractivity contribution in [1.82, 2.24) is 0 Å². The van der Waals surface area contributed by atoms with Gasteiger partial charge in [-0.3, -0.25) is 0 Å². The number of para-hydroxylation sites is 1. The lowest BCUT2D eigenvalue weighted by atomic mass is 9.96. The Hall–Kier alpha value is -1.84. The second-order valence-corrected chi connectivity index (χ2v) is 4.34. The van der Waals surface area contributed by atoms with Crippen LogP contribution in [-0.2, 0) is 6.42 Å². The Balaban J connectivity index is 2.10. The molecule has 2 aromatic rings. The first-order valence-corrected chi connectivity index (χ1v) is 5.94. The van der Waals surface area contributed by atoms with Gasteiger partial charge in [0, 0.05) is 12.0 Å². The standard InChI is InChI=1S/C15H17NO2/c16-15(12-8-4-5-9-13(12)17)14(18)10-11-6-2-1-3-7-11/h1-9,14-15,17-18H,10,16H2/t14-,15+/m1/s1. The van der Waals surface area contributed by atoms with E-state index in [-0.39, 0.29) is 5.75 Å². The average molecular weight is 243 g/mol. The molecule has 0 spiro atoms. The lowest BCUT2D eigenvalue weighted by Gasteiger charge is -2.20. The number of hydrogen-bond donors (Lipinski definition) is 3. The van der Waals surface area contributed by atoms with Crippen LogP contribution in [0.1, 0.15) is 17.2 Å². The van der Waals surface area contributed by atoms with Crippen molar-refractivity contribution in [3.63, 3.8) is 0 Å². The summed E-state index contributed by atoms with van der Waals surface area (Å²) in [6.07, 6.45) is -0.253. The number of benzene rings is 2. The highest BCUT2D eigenvalue weighted by Crippen LogP contribution is 2.25. The molecular formula is C15H17NO2. The number of rotatable bonds is 4. The Morgan fingerprint density at radius 2 is 1.56 bits per heavy atom. The summed E-state index contributed by atoms with van der Waals surface area (Å²) in [5.41, 5.74) is 7.57. The molecule has 2 aromatic carbocycles. The summed E-state index contributed by atoms with van der Waals surface area (Å²) >= 11 is 0. The molecule has 0 radical (unpaired) electrons. The molecule has 3 nitrogen and oxygen atoms in total. The Kier molecular flexibility index (Phi) is 3.97. The van der Waals surface area contributed by atoms with Gasteiger partial charge in [-0.1, -0.05) is 48.5 Å². The Labute approximate surface area is 107 Å². The predicted molar refractivity (Wildman–Crippen MR) is 71.2 cm³/mol. The summed E-state index contributed by atoms with van der Waals surface area (Å²) in [5, 5.41) is 19.8. The number of phenolic OH excluding ortho intramolecular Hbond substituents is 1. The van der Waals surface area contributed by atoms with Crippen LogP contribution in [0.2, 0.25) is 0 Å². The van der Waals surface area contributed by atoms with Crippen molar-refractivity contribution in [1.29, 1.82) is 0 Å². The van der Waals surface area contributed by atoms with Crippen molar-refractivity contribution in [3.05, 3.63) is 65.7 Å². The molecule has 2 rings (SSSR count). The number of aromatic hydroxyl groups is 1. The molecule has 0 amide bonds. The van der Waals surface area contributed by atoms with Gasteiger partial charge in [0.05, 0.1) is 12.1 Å². The van der Waals surface area contributed by atoms with Crippen LogP contribution in [0.25, 0.3) is 0 Å². The number of aliphatic hydroxyl groups is 1. The molecule has 0 saturated carbocycles. The number of aliphatic hydroxyl groups excluding tert-OH is 1. The number of phenols is 1. The maximum Gasteiger partial charge on any atom is 0.120 e. The predicted octanol–water partition coefficient (Wildman–Crippen LogP) is 2.00. The first kappa shape index (κ1) is 12.6. The van der Waals surface area contributed by atoms with Crippen molar-refractivity contribution >= 4 is 0 Å². The molecule has 0 bridgehead atoms. The molecular weight excluding hydrogens is 226 g/mol. The van der Waals surface area contributed by atoms with Crippen LogP contribution < -0.4 is 5.73 Å². The number of nitrogens with two attached hydrogens (primary N) is 1. The van der Waals surface area contributed by atoms with E-state index in [9.17, 15) is 10.2 Å². The van der Waals surface area contributed by atoms with E-state index in [1.54, 1.807) is 24.3 Å². The fraction of sp³-hybridized carbons (Fsp3) is 0.200. The van der Waals surface area contributed by atoms with Crippen LogP contribution >= 0.6 is 0 Å². The summed E-state index contributed by atoms with van der Waals surface area (Å²) in [6, 6.07) is 15.9. The molecule has 3 heteroatoms. The van der Waals surface area contributed by atoms with Crippen molar-refractivity contribution in [2.75, 3.05) is 0 Å². The largest absolute Gasteiger partial charge is 0.508 e. The van der Waals surface area contributed by atoms with Gasteiger partial charge < -0.3 is 15.9 Å². The Morgan fingerprint density at radius 3 is 2.22 bits per heavy atom. The van der Waals surface area contributed by atoms with E-state index in [1.165, 1.54) is 0 Å². The van der Waals surface area contributed by atoms with Crippen LogP contribution in [0.15, 0.2) is 54.6 Å². The highest BCUT2D eigenvalue weighted by Gasteiger charge is 2.19. The van der Waals surface area contributed by atoms with Gasteiger partial charge >= 0.3 is 0 Å². The molecule has 0 saturated heterocycles. The Bertz CT molecular complexity index is 499. The molecule has 0 aliphatic carbocycles. The minimum atomic E-state index is -0.722. The van der Waals surface area contributed by atoms with Gasteiger partial charge in [0.2, 0.25) is 0 Å². The van der Waals surface area contributed by atoms with E-state index >= 15 is 0 Å². The van der Waals surface area contributed by atoms with Gasteiger partial charge in [-0.25, -0.2) is 0 Å². The smallest absolute Gasteiger partial charge is 0.120 e. The second-order valence-electron chi connectivity index (χ2n) is 4.34. The summed E-state index contributed by atoms with van der Waals surface area (Å²) in [7, 11) is 0. The summed E-state index contributed by atoms with van der Waals surface area (Å²) < 4.78 is 0. The van der Waals surface area contributed by atoms with Gasteiger partial charge in [-0.2, -0.15) is 0 Å². The monoisotopic (exact) mass is 243 g/mol. The minimum Gasteiger partial charge on any atom is -0.508 e. The third kappa shape index (κ3) is 2.88. The van der Waals surface area contributed by atoms with Crippen LogP contribution in [0.3, 0.4) is 0 Å². The maximum atomic E-state index is 10.1. The molecule has 0 heterocycles. The van der Waals surface area contributed by atoms with Gasteiger partial charge in [-0.05, 0) is 11.6 Å². The van der Waals surface area contributed by atoms with Gasteiger partial charge in [0.25, 0.3) is 0 Å².